The molecule has 2 heterocycles. The highest BCUT2D eigenvalue weighted by atomic mass is 16.5. The van der Waals surface area contributed by atoms with Crippen LogP contribution in [-0.2, 0) is 9.59 Å². The van der Waals surface area contributed by atoms with E-state index in [9.17, 15) is 9.59 Å². The third-order valence-electron chi connectivity index (χ3n) is 3.34. The minimum absolute atomic E-state index is 0.0750. The van der Waals surface area contributed by atoms with E-state index in [2.05, 4.69) is 10.3 Å². The zero-order chi connectivity index (χ0) is 16.2. The van der Waals surface area contributed by atoms with Crippen molar-refractivity contribution in [2.45, 2.75) is 0 Å². The Morgan fingerprint density at radius 1 is 1.35 bits per heavy atom. The van der Waals surface area contributed by atoms with Gasteiger partial charge in [0.1, 0.15) is 12.3 Å². The van der Waals surface area contributed by atoms with Gasteiger partial charge >= 0.3 is 0 Å². The van der Waals surface area contributed by atoms with Crippen LogP contribution in [0.4, 0.5) is 11.4 Å². The van der Waals surface area contributed by atoms with E-state index >= 15 is 0 Å². The number of nitrogens with one attached hydrogen (secondary N) is 1. The lowest BCUT2D eigenvalue weighted by atomic mass is 10.2. The van der Waals surface area contributed by atoms with Crippen molar-refractivity contribution in [1.29, 1.82) is 0 Å². The predicted molar refractivity (Wildman–Crippen MR) is 83.7 cm³/mol. The predicted octanol–water partition coefficient (Wildman–Crippen LogP) is 1.45. The van der Waals surface area contributed by atoms with Gasteiger partial charge < -0.3 is 14.8 Å². The number of rotatable bonds is 4. The summed E-state index contributed by atoms with van der Waals surface area (Å²) in [6.07, 6.45) is 1.49. The number of benzene rings is 1. The number of carbonyl (C=O) groups is 2. The summed E-state index contributed by atoms with van der Waals surface area (Å²) in [4.78, 5) is 29.6. The van der Waals surface area contributed by atoms with Crippen LogP contribution in [0.15, 0.2) is 42.6 Å². The molecule has 1 N–H and O–H groups in total. The fraction of sp³-hybridized carbons (Fsp3) is 0.188. The van der Waals surface area contributed by atoms with Gasteiger partial charge in [0.25, 0.3) is 5.91 Å². The van der Waals surface area contributed by atoms with Crippen LogP contribution in [-0.4, -0.2) is 37.1 Å². The number of fused-ring (bicyclic) bond motifs is 1. The van der Waals surface area contributed by atoms with Crippen molar-refractivity contribution >= 4 is 23.2 Å². The number of carbonyl (C=O) groups excluding carboxylic acids is 2. The van der Waals surface area contributed by atoms with E-state index in [1.807, 2.05) is 6.07 Å². The number of hydrogen-bond donors (Lipinski definition) is 1. The van der Waals surface area contributed by atoms with Gasteiger partial charge in [0.15, 0.2) is 6.61 Å². The molecule has 0 saturated heterocycles. The zero-order valence-electron chi connectivity index (χ0n) is 12.5. The second-order valence-electron chi connectivity index (χ2n) is 4.87. The van der Waals surface area contributed by atoms with Crippen molar-refractivity contribution in [3.63, 3.8) is 0 Å². The molecule has 0 atom stereocenters. The normalized spacial score (nSPS) is 13.1. The average Bonchev–Trinajstić information content (AvgIpc) is 2.58. The third-order valence-corrected chi connectivity index (χ3v) is 3.34. The van der Waals surface area contributed by atoms with Gasteiger partial charge in [-0.25, -0.2) is 4.98 Å². The van der Waals surface area contributed by atoms with Crippen LogP contribution in [0.3, 0.4) is 0 Å². The standard InChI is InChI=1S/C16H15N3O4/c1-22-15-7-6-11(8-17-15)18-14(20)9-19-12-4-2-3-5-13(12)23-10-16(19)21/h2-8H,9-10H2,1H3,(H,18,20). The quantitative estimate of drug-likeness (QED) is 0.924. The summed E-state index contributed by atoms with van der Waals surface area (Å²) in [7, 11) is 1.52. The lowest BCUT2D eigenvalue weighted by Crippen LogP contribution is -2.43. The smallest absolute Gasteiger partial charge is 0.265 e. The average molecular weight is 313 g/mol. The topological polar surface area (TPSA) is 80.8 Å². The summed E-state index contributed by atoms with van der Waals surface area (Å²) in [5, 5.41) is 2.70. The monoisotopic (exact) mass is 313 g/mol. The Balaban J connectivity index is 1.71. The van der Waals surface area contributed by atoms with Crippen LogP contribution < -0.4 is 19.7 Å². The Morgan fingerprint density at radius 3 is 2.91 bits per heavy atom. The fourth-order valence-electron chi connectivity index (χ4n) is 2.25. The van der Waals surface area contributed by atoms with Crippen molar-refractivity contribution in [2.75, 3.05) is 30.5 Å². The molecule has 0 aliphatic carbocycles. The molecule has 0 fully saturated rings. The largest absolute Gasteiger partial charge is 0.482 e. The fourth-order valence-corrected chi connectivity index (χ4v) is 2.25. The van der Waals surface area contributed by atoms with Crippen LogP contribution in [0, 0.1) is 0 Å². The number of amides is 2. The second-order valence-corrected chi connectivity index (χ2v) is 4.87. The van der Waals surface area contributed by atoms with E-state index in [0.29, 0.717) is 23.0 Å². The number of anilines is 2. The molecule has 1 aromatic carbocycles. The highest BCUT2D eigenvalue weighted by Gasteiger charge is 2.26. The van der Waals surface area contributed by atoms with Crippen molar-refractivity contribution in [3.8, 4) is 11.6 Å². The minimum Gasteiger partial charge on any atom is -0.482 e. The van der Waals surface area contributed by atoms with Gasteiger partial charge in [-0.05, 0) is 18.2 Å². The lowest BCUT2D eigenvalue weighted by Gasteiger charge is -2.28. The Labute approximate surface area is 132 Å². The summed E-state index contributed by atoms with van der Waals surface area (Å²) in [6.45, 7) is -0.167. The van der Waals surface area contributed by atoms with Crippen LogP contribution in [0.5, 0.6) is 11.6 Å². The maximum Gasteiger partial charge on any atom is 0.265 e. The molecule has 3 rings (SSSR count). The van der Waals surface area contributed by atoms with Gasteiger partial charge in [-0.15, -0.1) is 0 Å². The second kappa shape index (κ2) is 6.35. The molecule has 1 aliphatic heterocycles. The SMILES string of the molecule is COc1ccc(NC(=O)CN2C(=O)COc3ccccc32)cn1. The van der Waals surface area contributed by atoms with E-state index in [1.54, 1.807) is 30.3 Å². The number of aromatic nitrogens is 1. The van der Waals surface area contributed by atoms with Gasteiger partial charge in [0.2, 0.25) is 11.8 Å². The van der Waals surface area contributed by atoms with E-state index in [0.717, 1.165) is 0 Å². The highest BCUT2D eigenvalue weighted by molar-refractivity contribution is 6.04. The summed E-state index contributed by atoms with van der Waals surface area (Å²) >= 11 is 0. The molecule has 118 valence electrons. The van der Waals surface area contributed by atoms with Gasteiger partial charge in [0, 0.05) is 6.07 Å². The molecule has 2 aromatic rings. The molecular formula is C16H15N3O4. The van der Waals surface area contributed by atoms with E-state index < -0.39 is 0 Å². The summed E-state index contributed by atoms with van der Waals surface area (Å²) in [5.74, 6) is 0.472. The zero-order valence-corrected chi connectivity index (χ0v) is 12.5. The number of nitrogens with zero attached hydrogens (tertiary/aromatic N) is 2. The highest BCUT2D eigenvalue weighted by Crippen LogP contribution is 2.31. The number of para-hydroxylation sites is 2. The third kappa shape index (κ3) is 3.23. The first kappa shape index (κ1) is 14.8. The van der Waals surface area contributed by atoms with E-state index in [-0.39, 0.29) is 25.0 Å². The van der Waals surface area contributed by atoms with Gasteiger partial charge in [-0.2, -0.15) is 0 Å². The maximum absolute atomic E-state index is 12.2. The summed E-state index contributed by atoms with van der Waals surface area (Å²) in [6, 6.07) is 10.4. The summed E-state index contributed by atoms with van der Waals surface area (Å²) in [5.41, 5.74) is 1.12. The lowest BCUT2D eigenvalue weighted by molar-refractivity contribution is -0.123. The number of hydrogen-bond acceptors (Lipinski definition) is 5. The van der Waals surface area contributed by atoms with Gasteiger partial charge in [-0.1, -0.05) is 12.1 Å². The van der Waals surface area contributed by atoms with Crippen LogP contribution in [0.1, 0.15) is 0 Å². The Kier molecular flexibility index (Phi) is 4.09. The van der Waals surface area contributed by atoms with E-state index in [1.165, 1.54) is 18.2 Å². The molecule has 7 heteroatoms. The molecule has 0 unspecified atom stereocenters. The molecule has 23 heavy (non-hydrogen) atoms. The van der Waals surface area contributed by atoms with Gasteiger partial charge in [0.05, 0.1) is 24.7 Å². The maximum atomic E-state index is 12.2. The van der Waals surface area contributed by atoms with Crippen LogP contribution in [0.25, 0.3) is 0 Å². The van der Waals surface area contributed by atoms with Crippen molar-refractivity contribution < 1.29 is 19.1 Å². The summed E-state index contributed by atoms with van der Waals surface area (Å²) < 4.78 is 10.3. The van der Waals surface area contributed by atoms with Crippen molar-refractivity contribution in [3.05, 3.63) is 42.6 Å². The van der Waals surface area contributed by atoms with Crippen LogP contribution >= 0.6 is 0 Å². The molecular weight excluding hydrogens is 298 g/mol. The molecule has 7 nitrogen and oxygen atoms in total. The van der Waals surface area contributed by atoms with E-state index in [4.69, 9.17) is 9.47 Å². The Hall–Kier alpha value is -3.09. The number of ether oxygens (including phenoxy) is 2. The van der Waals surface area contributed by atoms with Crippen LogP contribution in [0.2, 0.25) is 0 Å². The first-order chi connectivity index (χ1) is 11.2. The van der Waals surface area contributed by atoms with Gasteiger partial charge in [-0.3, -0.25) is 14.5 Å². The Morgan fingerprint density at radius 2 is 2.17 bits per heavy atom. The number of pyridine rings is 1. The first-order valence-corrected chi connectivity index (χ1v) is 6.99. The Bertz CT molecular complexity index is 730. The molecule has 0 spiro atoms. The molecule has 1 aromatic heterocycles. The molecule has 1 aliphatic rings. The number of methoxy groups -OCH3 is 1. The molecule has 2 amide bonds. The molecule has 0 radical (unpaired) electrons. The van der Waals surface area contributed by atoms with Crippen molar-refractivity contribution in [1.82, 2.24) is 4.98 Å². The minimum atomic E-state index is -0.318. The molecule has 0 bridgehead atoms. The first-order valence-electron chi connectivity index (χ1n) is 6.99. The molecule has 0 saturated carbocycles. The van der Waals surface area contributed by atoms with Crippen molar-refractivity contribution in [2.24, 2.45) is 0 Å².